The molecule has 2 saturated heterocycles. The molecule has 1 N–H and O–H groups in total. The second-order valence-electron chi connectivity index (χ2n) is 5.00. The number of hydrogen-bond acceptors (Lipinski definition) is 2. The molecule has 2 bridgehead atoms. The minimum Gasteiger partial charge on any atom is -0.367 e. The van der Waals surface area contributed by atoms with Gasteiger partial charge in [0, 0.05) is 18.5 Å². The molecule has 4 heteroatoms. The van der Waals surface area contributed by atoms with Crippen molar-refractivity contribution >= 4 is 23.2 Å². The first-order valence-corrected chi connectivity index (χ1v) is 6.13. The van der Waals surface area contributed by atoms with Gasteiger partial charge in [-0.25, -0.2) is 0 Å². The zero-order valence-corrected chi connectivity index (χ0v) is 10.5. The van der Waals surface area contributed by atoms with E-state index in [-0.39, 0.29) is 11.1 Å². The lowest BCUT2D eigenvalue weighted by molar-refractivity contribution is -0.0167. The summed E-state index contributed by atoms with van der Waals surface area (Å²) in [5.41, 5.74) is 1.03. The molecule has 2 aliphatic heterocycles. The van der Waals surface area contributed by atoms with E-state index >= 15 is 0 Å². The average Bonchev–Trinajstić information content (AvgIpc) is 2.77. The summed E-state index contributed by atoms with van der Waals surface area (Å²) in [4.78, 5) is 0. The third-order valence-corrected chi connectivity index (χ3v) is 4.33. The smallest absolute Gasteiger partial charge is 0.107 e. The van der Waals surface area contributed by atoms with Crippen LogP contribution in [0.2, 0.25) is 10.0 Å². The Morgan fingerprint density at radius 3 is 2.62 bits per heavy atom. The fourth-order valence-corrected chi connectivity index (χ4v) is 2.98. The maximum atomic E-state index is 6.05. The van der Waals surface area contributed by atoms with Crippen molar-refractivity contribution in [2.24, 2.45) is 0 Å². The Balaban J connectivity index is 2.01. The summed E-state index contributed by atoms with van der Waals surface area (Å²) in [5, 5.41) is 4.69. The second-order valence-corrected chi connectivity index (χ2v) is 5.82. The van der Waals surface area contributed by atoms with Gasteiger partial charge in [0.25, 0.3) is 0 Å². The van der Waals surface area contributed by atoms with Gasteiger partial charge >= 0.3 is 0 Å². The molecule has 86 valence electrons. The summed E-state index contributed by atoms with van der Waals surface area (Å²) in [6.45, 7) is 3.80. The largest absolute Gasteiger partial charge is 0.367 e. The fraction of sp³-hybridized carbons (Fsp3) is 0.500. The molecule has 2 atom stereocenters. The van der Waals surface area contributed by atoms with Crippen LogP contribution in [0.4, 0.5) is 0 Å². The van der Waals surface area contributed by atoms with Crippen LogP contribution in [0.3, 0.4) is 0 Å². The van der Waals surface area contributed by atoms with Gasteiger partial charge in [0.15, 0.2) is 0 Å². The summed E-state index contributed by atoms with van der Waals surface area (Å²) in [6.07, 6.45) is 0.998. The van der Waals surface area contributed by atoms with Crippen LogP contribution in [0.5, 0.6) is 0 Å². The average molecular weight is 258 g/mol. The van der Waals surface area contributed by atoms with Gasteiger partial charge in [-0.2, -0.15) is 0 Å². The molecule has 0 amide bonds. The van der Waals surface area contributed by atoms with Gasteiger partial charge in [0.1, 0.15) is 5.60 Å². The zero-order chi connectivity index (χ0) is 11.4. The number of benzene rings is 1. The van der Waals surface area contributed by atoms with Gasteiger partial charge in [-0.3, -0.25) is 0 Å². The van der Waals surface area contributed by atoms with E-state index in [0.717, 1.165) is 25.1 Å². The van der Waals surface area contributed by atoms with Crippen molar-refractivity contribution in [3.8, 4) is 0 Å². The molecule has 0 radical (unpaired) electrons. The highest BCUT2D eigenvalue weighted by atomic mass is 35.5. The lowest BCUT2D eigenvalue weighted by Gasteiger charge is -2.28. The molecule has 2 heterocycles. The van der Waals surface area contributed by atoms with Gasteiger partial charge in [-0.05, 0) is 24.6 Å². The molecule has 0 saturated carbocycles. The number of hydrogen-bond donors (Lipinski definition) is 1. The molecule has 0 aliphatic carbocycles. The van der Waals surface area contributed by atoms with Crippen LogP contribution in [0.25, 0.3) is 0 Å². The standard InChI is InChI=1S/C12H13Cl2NO/c1-11-5-12(6-15-11,16-7-11)8-2-3-9(13)10(14)4-8/h2-4,15H,5-7H2,1H3. The van der Waals surface area contributed by atoms with Crippen molar-refractivity contribution in [2.75, 3.05) is 13.2 Å². The predicted molar refractivity (Wildman–Crippen MR) is 65.1 cm³/mol. The Kier molecular flexibility index (Phi) is 2.28. The molecule has 0 aromatic heterocycles. The van der Waals surface area contributed by atoms with Crippen LogP contribution in [0, 0.1) is 0 Å². The molecule has 2 aliphatic rings. The quantitative estimate of drug-likeness (QED) is 0.836. The number of nitrogens with one attached hydrogen (secondary N) is 1. The summed E-state index contributed by atoms with van der Waals surface area (Å²) < 4.78 is 5.96. The van der Waals surface area contributed by atoms with E-state index < -0.39 is 0 Å². The van der Waals surface area contributed by atoms with Gasteiger partial charge in [0.05, 0.1) is 16.7 Å². The van der Waals surface area contributed by atoms with Gasteiger partial charge in [-0.1, -0.05) is 29.3 Å². The van der Waals surface area contributed by atoms with Crippen molar-refractivity contribution in [2.45, 2.75) is 24.5 Å². The molecule has 2 nitrogen and oxygen atoms in total. The van der Waals surface area contributed by atoms with E-state index in [1.165, 1.54) is 0 Å². The van der Waals surface area contributed by atoms with Crippen LogP contribution in [0.15, 0.2) is 18.2 Å². The number of morpholine rings is 1. The highest BCUT2D eigenvalue weighted by Crippen LogP contribution is 2.46. The van der Waals surface area contributed by atoms with Crippen molar-refractivity contribution in [1.82, 2.24) is 5.32 Å². The minimum atomic E-state index is -0.205. The van der Waals surface area contributed by atoms with Gasteiger partial charge in [-0.15, -0.1) is 0 Å². The van der Waals surface area contributed by atoms with E-state index in [1.54, 1.807) is 0 Å². The topological polar surface area (TPSA) is 21.3 Å². The zero-order valence-electron chi connectivity index (χ0n) is 9.02. The first-order valence-electron chi connectivity index (χ1n) is 5.38. The number of rotatable bonds is 1. The van der Waals surface area contributed by atoms with E-state index in [1.807, 2.05) is 18.2 Å². The first kappa shape index (κ1) is 10.8. The molecule has 3 rings (SSSR count). The molecule has 2 fully saturated rings. The second kappa shape index (κ2) is 3.36. The Bertz CT molecular complexity index is 439. The monoisotopic (exact) mass is 257 g/mol. The molecule has 0 spiro atoms. The Labute approximate surface area is 105 Å². The number of halogens is 2. The van der Waals surface area contributed by atoms with Crippen molar-refractivity contribution < 1.29 is 4.74 Å². The third kappa shape index (κ3) is 1.48. The molecular formula is C12H13Cl2NO. The highest BCUT2D eigenvalue weighted by Gasteiger charge is 2.54. The SMILES string of the molecule is CC12COC(c3ccc(Cl)c(Cl)c3)(CN1)C2. The first-order chi connectivity index (χ1) is 7.53. The Morgan fingerprint density at radius 2 is 2.12 bits per heavy atom. The molecule has 1 aromatic rings. The van der Waals surface area contributed by atoms with E-state index in [0.29, 0.717) is 10.0 Å². The van der Waals surface area contributed by atoms with Gasteiger partial charge < -0.3 is 10.1 Å². The minimum absolute atomic E-state index is 0.117. The van der Waals surface area contributed by atoms with E-state index in [4.69, 9.17) is 27.9 Å². The third-order valence-electron chi connectivity index (χ3n) is 3.59. The molecule has 2 unspecified atom stereocenters. The lowest BCUT2D eigenvalue weighted by Crippen LogP contribution is -2.43. The predicted octanol–water partition coefficient (Wildman–Crippen LogP) is 2.97. The van der Waals surface area contributed by atoms with Crippen molar-refractivity contribution in [3.63, 3.8) is 0 Å². The number of fused-ring (bicyclic) bond motifs is 2. The van der Waals surface area contributed by atoms with E-state index in [9.17, 15) is 0 Å². The highest BCUT2D eigenvalue weighted by molar-refractivity contribution is 6.42. The Hall–Kier alpha value is -0.280. The lowest BCUT2D eigenvalue weighted by atomic mass is 9.89. The van der Waals surface area contributed by atoms with Gasteiger partial charge in [0.2, 0.25) is 0 Å². The maximum Gasteiger partial charge on any atom is 0.107 e. The van der Waals surface area contributed by atoms with Crippen LogP contribution in [-0.2, 0) is 10.3 Å². The molecular weight excluding hydrogens is 245 g/mol. The maximum absolute atomic E-state index is 6.05. The van der Waals surface area contributed by atoms with Crippen molar-refractivity contribution in [3.05, 3.63) is 33.8 Å². The summed E-state index contributed by atoms with van der Waals surface area (Å²) >= 11 is 12.0. The molecule has 1 aromatic carbocycles. The molecule has 16 heavy (non-hydrogen) atoms. The summed E-state index contributed by atoms with van der Waals surface area (Å²) in [5.74, 6) is 0. The van der Waals surface area contributed by atoms with Crippen LogP contribution < -0.4 is 5.32 Å². The normalized spacial score (nSPS) is 36.9. The Morgan fingerprint density at radius 1 is 1.31 bits per heavy atom. The van der Waals surface area contributed by atoms with Crippen LogP contribution in [-0.4, -0.2) is 18.7 Å². The summed E-state index contributed by atoms with van der Waals surface area (Å²) in [6, 6.07) is 5.76. The van der Waals surface area contributed by atoms with E-state index in [2.05, 4.69) is 12.2 Å². The van der Waals surface area contributed by atoms with Crippen molar-refractivity contribution in [1.29, 1.82) is 0 Å². The van der Waals surface area contributed by atoms with Crippen LogP contribution in [0.1, 0.15) is 18.9 Å². The van der Waals surface area contributed by atoms with Crippen LogP contribution >= 0.6 is 23.2 Å². The fourth-order valence-electron chi connectivity index (χ4n) is 2.68. The summed E-state index contributed by atoms with van der Waals surface area (Å²) in [7, 11) is 0. The number of ether oxygens (including phenoxy) is 1.